The molecule has 0 aromatic carbocycles. The van der Waals surface area contributed by atoms with Gasteiger partial charge in [-0.15, -0.1) is 0 Å². The summed E-state index contributed by atoms with van der Waals surface area (Å²) in [6.07, 6.45) is 3.08. The molecule has 9 nitrogen and oxygen atoms in total. The average Bonchev–Trinajstić information content (AvgIpc) is 3.25. The molecule has 2 aromatic heterocycles. The van der Waals surface area contributed by atoms with Crippen molar-refractivity contribution in [3.8, 4) is 0 Å². The van der Waals surface area contributed by atoms with Crippen LogP contribution in [0.2, 0.25) is 0 Å². The number of carboxylic acid groups (broad SMARTS) is 1. The fourth-order valence-corrected chi connectivity index (χ4v) is 4.00. The number of pyridine rings is 1. The molecule has 0 saturated carbocycles. The lowest BCUT2D eigenvalue weighted by atomic mass is 9.95. The number of hydrogen-bond acceptors (Lipinski definition) is 8. The van der Waals surface area contributed by atoms with E-state index in [9.17, 15) is 19.5 Å². The fourth-order valence-electron chi connectivity index (χ4n) is 3.32. The Morgan fingerprint density at radius 3 is 2.70 bits per heavy atom. The maximum absolute atomic E-state index is 13.3. The zero-order chi connectivity index (χ0) is 21.7. The van der Waals surface area contributed by atoms with Crippen molar-refractivity contribution in [3.63, 3.8) is 0 Å². The van der Waals surface area contributed by atoms with Gasteiger partial charge in [-0.3, -0.25) is 19.6 Å². The Balaban J connectivity index is 2.15. The molecule has 0 saturated heterocycles. The highest BCUT2D eigenvalue weighted by Gasteiger charge is 2.44. The van der Waals surface area contributed by atoms with Crippen molar-refractivity contribution >= 4 is 34.9 Å². The van der Waals surface area contributed by atoms with Crippen LogP contribution in [0, 0.1) is 0 Å². The number of carboxylic acids is 1. The highest BCUT2D eigenvalue weighted by atomic mass is 32.1. The summed E-state index contributed by atoms with van der Waals surface area (Å²) in [5.74, 6) is -2.34. The number of carbonyl (C=O) groups excluding carboxylic acids is 2. The molecule has 0 fully saturated rings. The third-order valence-electron chi connectivity index (χ3n) is 4.52. The Morgan fingerprint density at radius 2 is 2.13 bits per heavy atom. The standard InChI is InChI=1S/C20H22N4O5S/c1-3-23-19(26)17(22-14-6-5-8-21-10-14)16(20(27)28)18(13-7-9-30-12-13)24(23)11-15(25)29-4-2/h5-10,12,18,22H,3-4,11H2,1-2H3,(H,27,28). The van der Waals surface area contributed by atoms with Crippen LogP contribution in [-0.4, -0.2) is 57.7 Å². The Kier molecular flexibility index (Phi) is 6.80. The number of aromatic nitrogens is 1. The summed E-state index contributed by atoms with van der Waals surface area (Å²) in [4.78, 5) is 41.9. The van der Waals surface area contributed by atoms with E-state index in [0.29, 0.717) is 11.3 Å². The monoisotopic (exact) mass is 430 g/mol. The molecule has 3 heterocycles. The molecular formula is C20H22N4O5S. The SMILES string of the molecule is CCOC(=O)CN1C(c2ccsc2)C(C(=O)O)=C(Nc2cccnc2)C(=O)N1CC. The zero-order valence-electron chi connectivity index (χ0n) is 16.6. The lowest BCUT2D eigenvalue weighted by Gasteiger charge is -2.43. The molecule has 1 aliphatic heterocycles. The molecule has 158 valence electrons. The maximum atomic E-state index is 13.3. The maximum Gasteiger partial charge on any atom is 0.335 e. The van der Waals surface area contributed by atoms with Crippen LogP contribution in [-0.2, 0) is 19.1 Å². The lowest BCUT2D eigenvalue weighted by molar-refractivity contribution is -0.164. The number of nitrogens with one attached hydrogen (secondary N) is 1. The van der Waals surface area contributed by atoms with Gasteiger partial charge in [-0.25, -0.2) is 4.79 Å². The summed E-state index contributed by atoms with van der Waals surface area (Å²) in [5, 5.41) is 19.4. The van der Waals surface area contributed by atoms with Gasteiger partial charge in [-0.1, -0.05) is 0 Å². The predicted octanol–water partition coefficient (Wildman–Crippen LogP) is 2.28. The molecule has 1 atom stereocenters. The molecule has 1 aliphatic rings. The number of nitrogens with zero attached hydrogens (tertiary/aromatic N) is 3. The quantitative estimate of drug-likeness (QED) is 0.614. The molecule has 10 heteroatoms. The van der Waals surface area contributed by atoms with Crippen molar-refractivity contribution in [2.75, 3.05) is 25.0 Å². The largest absolute Gasteiger partial charge is 0.478 e. The number of ether oxygens (including phenoxy) is 1. The predicted molar refractivity (Wildman–Crippen MR) is 110 cm³/mol. The number of thiophene rings is 1. The first-order chi connectivity index (χ1) is 14.5. The molecule has 1 unspecified atom stereocenters. The Morgan fingerprint density at radius 1 is 1.33 bits per heavy atom. The second-order valence-corrected chi connectivity index (χ2v) is 7.12. The van der Waals surface area contributed by atoms with Gasteiger partial charge in [0.05, 0.1) is 30.1 Å². The van der Waals surface area contributed by atoms with Crippen molar-refractivity contribution in [2.24, 2.45) is 0 Å². The third kappa shape index (κ3) is 4.34. The van der Waals surface area contributed by atoms with Crippen molar-refractivity contribution in [1.82, 2.24) is 15.0 Å². The van der Waals surface area contributed by atoms with E-state index >= 15 is 0 Å². The van der Waals surface area contributed by atoms with Gasteiger partial charge >= 0.3 is 11.9 Å². The Bertz CT molecular complexity index is 945. The number of hydrogen-bond donors (Lipinski definition) is 2. The number of rotatable bonds is 8. The Hall–Kier alpha value is -3.24. The fraction of sp³-hybridized carbons (Fsp3) is 0.300. The molecule has 2 N–H and O–H groups in total. The van der Waals surface area contributed by atoms with E-state index in [1.165, 1.54) is 27.6 Å². The van der Waals surface area contributed by atoms with Gasteiger partial charge in [0.15, 0.2) is 0 Å². The molecule has 3 rings (SSSR count). The van der Waals surface area contributed by atoms with Crippen molar-refractivity contribution in [2.45, 2.75) is 19.9 Å². The number of hydrazine groups is 1. The molecule has 0 radical (unpaired) electrons. The number of amides is 1. The third-order valence-corrected chi connectivity index (χ3v) is 5.22. The minimum atomic E-state index is -1.25. The summed E-state index contributed by atoms with van der Waals surface area (Å²) in [6.45, 7) is 3.61. The molecule has 0 aliphatic carbocycles. The van der Waals surface area contributed by atoms with Crippen LogP contribution >= 0.6 is 11.3 Å². The van der Waals surface area contributed by atoms with Gasteiger partial charge in [0, 0.05) is 12.7 Å². The van der Waals surface area contributed by atoms with Crippen LogP contribution in [0.25, 0.3) is 0 Å². The lowest BCUT2D eigenvalue weighted by Crippen LogP contribution is -2.56. The summed E-state index contributed by atoms with van der Waals surface area (Å²) < 4.78 is 5.05. The zero-order valence-corrected chi connectivity index (χ0v) is 17.4. The average molecular weight is 430 g/mol. The molecule has 0 spiro atoms. The first-order valence-electron chi connectivity index (χ1n) is 9.38. The van der Waals surface area contributed by atoms with Gasteiger partial charge in [0.25, 0.3) is 5.91 Å². The van der Waals surface area contributed by atoms with Crippen LogP contribution < -0.4 is 5.32 Å². The molecule has 1 amide bonds. The van der Waals surface area contributed by atoms with Crippen LogP contribution in [0.5, 0.6) is 0 Å². The van der Waals surface area contributed by atoms with Gasteiger partial charge in [0.1, 0.15) is 12.2 Å². The smallest absolute Gasteiger partial charge is 0.335 e. The van der Waals surface area contributed by atoms with Crippen LogP contribution in [0.3, 0.4) is 0 Å². The van der Waals surface area contributed by atoms with Gasteiger partial charge < -0.3 is 15.2 Å². The van der Waals surface area contributed by atoms with Crippen molar-refractivity contribution < 1.29 is 24.2 Å². The molecule has 0 bridgehead atoms. The number of anilines is 1. The first-order valence-corrected chi connectivity index (χ1v) is 10.3. The number of likely N-dealkylation sites (N-methyl/N-ethyl adjacent to an activating group) is 1. The van der Waals surface area contributed by atoms with Crippen LogP contribution in [0.4, 0.5) is 5.69 Å². The van der Waals surface area contributed by atoms with E-state index in [2.05, 4.69) is 10.3 Å². The summed E-state index contributed by atoms with van der Waals surface area (Å²) in [5.41, 5.74) is 0.946. The van der Waals surface area contributed by atoms with E-state index < -0.39 is 23.9 Å². The van der Waals surface area contributed by atoms with Crippen molar-refractivity contribution in [3.05, 3.63) is 58.2 Å². The van der Waals surface area contributed by atoms with E-state index in [1.807, 2.05) is 5.38 Å². The highest BCUT2D eigenvalue weighted by Crippen LogP contribution is 2.38. The van der Waals surface area contributed by atoms with E-state index in [4.69, 9.17) is 4.74 Å². The summed E-state index contributed by atoms with van der Waals surface area (Å²) in [6, 6.07) is 4.29. The van der Waals surface area contributed by atoms with Crippen molar-refractivity contribution in [1.29, 1.82) is 0 Å². The number of esters is 1. The van der Waals surface area contributed by atoms with Gasteiger partial charge in [-0.05, 0) is 48.4 Å². The van der Waals surface area contributed by atoms with E-state index in [0.717, 1.165) is 0 Å². The first kappa shape index (κ1) is 21.5. The second-order valence-electron chi connectivity index (χ2n) is 6.34. The van der Waals surface area contributed by atoms with Gasteiger partial charge in [-0.2, -0.15) is 16.3 Å². The number of aliphatic carboxylic acids is 1. The highest BCUT2D eigenvalue weighted by molar-refractivity contribution is 7.08. The second kappa shape index (κ2) is 9.51. The molecule has 2 aromatic rings. The molecule has 30 heavy (non-hydrogen) atoms. The molecular weight excluding hydrogens is 408 g/mol. The minimum absolute atomic E-state index is 0.0614. The number of carbonyl (C=O) groups is 3. The van der Waals surface area contributed by atoms with Crippen LogP contribution in [0.1, 0.15) is 25.5 Å². The minimum Gasteiger partial charge on any atom is -0.478 e. The van der Waals surface area contributed by atoms with E-state index in [1.54, 1.807) is 43.6 Å². The Labute approximate surface area is 177 Å². The van der Waals surface area contributed by atoms with Crippen LogP contribution in [0.15, 0.2) is 52.6 Å². The normalized spacial score (nSPS) is 17.2. The van der Waals surface area contributed by atoms with Gasteiger partial charge in [0.2, 0.25) is 0 Å². The van der Waals surface area contributed by atoms with E-state index in [-0.39, 0.29) is 31.0 Å². The topological polar surface area (TPSA) is 112 Å². The summed E-state index contributed by atoms with van der Waals surface area (Å²) >= 11 is 1.40. The summed E-state index contributed by atoms with van der Waals surface area (Å²) in [7, 11) is 0.